The molecule has 0 aromatic carbocycles. The summed E-state index contributed by atoms with van der Waals surface area (Å²) in [4.78, 5) is 2.29. The van der Waals surface area contributed by atoms with Crippen LogP contribution >= 0.6 is 0 Å². The van der Waals surface area contributed by atoms with Gasteiger partial charge in [0.15, 0.2) is 0 Å². The molecule has 1 aliphatic rings. The molecule has 1 heterocycles. The SMILES string of the molecule is CC(C)(O)CN1CCC(CN)C1. The molecule has 0 bridgehead atoms. The smallest absolute Gasteiger partial charge is 0.0718 e. The zero-order valence-corrected chi connectivity index (χ0v) is 8.08. The van der Waals surface area contributed by atoms with Crippen LogP contribution < -0.4 is 5.73 Å². The molecule has 0 amide bonds. The van der Waals surface area contributed by atoms with E-state index in [0.717, 1.165) is 26.2 Å². The Balaban J connectivity index is 2.28. The first-order valence-electron chi connectivity index (χ1n) is 4.66. The summed E-state index contributed by atoms with van der Waals surface area (Å²) in [5, 5.41) is 9.56. The Kier molecular flexibility index (Phi) is 3.09. The lowest BCUT2D eigenvalue weighted by molar-refractivity contribution is 0.0429. The first-order chi connectivity index (χ1) is 5.51. The van der Waals surface area contributed by atoms with Gasteiger partial charge < -0.3 is 15.7 Å². The second-order valence-corrected chi connectivity index (χ2v) is 4.44. The molecule has 1 fully saturated rings. The van der Waals surface area contributed by atoms with Gasteiger partial charge in [0.25, 0.3) is 0 Å². The minimum absolute atomic E-state index is 0.566. The van der Waals surface area contributed by atoms with Crippen molar-refractivity contribution in [2.45, 2.75) is 25.9 Å². The van der Waals surface area contributed by atoms with Crippen molar-refractivity contribution in [3.8, 4) is 0 Å². The van der Waals surface area contributed by atoms with Gasteiger partial charge in [-0.1, -0.05) is 0 Å². The first kappa shape index (κ1) is 9.96. The van der Waals surface area contributed by atoms with Crippen LogP contribution in [0.3, 0.4) is 0 Å². The second kappa shape index (κ2) is 3.73. The van der Waals surface area contributed by atoms with E-state index >= 15 is 0 Å². The maximum atomic E-state index is 9.56. The lowest BCUT2D eigenvalue weighted by Gasteiger charge is -2.24. The number of hydrogen-bond donors (Lipinski definition) is 2. The first-order valence-corrected chi connectivity index (χ1v) is 4.66. The van der Waals surface area contributed by atoms with E-state index in [0.29, 0.717) is 5.92 Å². The fourth-order valence-electron chi connectivity index (χ4n) is 1.80. The highest BCUT2D eigenvalue weighted by atomic mass is 16.3. The Hall–Kier alpha value is -0.120. The molecule has 3 nitrogen and oxygen atoms in total. The van der Waals surface area contributed by atoms with E-state index in [9.17, 15) is 5.11 Å². The molecule has 1 unspecified atom stereocenters. The maximum Gasteiger partial charge on any atom is 0.0718 e. The number of likely N-dealkylation sites (tertiary alicyclic amines) is 1. The number of nitrogens with zero attached hydrogens (tertiary/aromatic N) is 1. The van der Waals surface area contributed by atoms with E-state index in [-0.39, 0.29) is 0 Å². The fraction of sp³-hybridized carbons (Fsp3) is 1.00. The Labute approximate surface area is 74.5 Å². The monoisotopic (exact) mass is 172 g/mol. The van der Waals surface area contributed by atoms with Gasteiger partial charge in [-0.2, -0.15) is 0 Å². The fourth-order valence-corrected chi connectivity index (χ4v) is 1.80. The van der Waals surface area contributed by atoms with Crippen LogP contribution in [0.5, 0.6) is 0 Å². The molecule has 1 saturated heterocycles. The number of hydrogen-bond acceptors (Lipinski definition) is 3. The lowest BCUT2D eigenvalue weighted by atomic mass is 10.1. The minimum atomic E-state index is -0.566. The molecule has 0 spiro atoms. The molecule has 72 valence electrons. The minimum Gasteiger partial charge on any atom is -0.389 e. The Morgan fingerprint density at radius 2 is 2.25 bits per heavy atom. The van der Waals surface area contributed by atoms with Crippen molar-refractivity contribution in [2.75, 3.05) is 26.2 Å². The zero-order valence-electron chi connectivity index (χ0n) is 8.08. The third-order valence-corrected chi connectivity index (χ3v) is 2.31. The summed E-state index contributed by atoms with van der Waals surface area (Å²) in [6, 6.07) is 0. The second-order valence-electron chi connectivity index (χ2n) is 4.44. The topological polar surface area (TPSA) is 49.5 Å². The van der Waals surface area contributed by atoms with Crippen molar-refractivity contribution in [2.24, 2.45) is 11.7 Å². The number of β-amino-alcohol motifs (C(OH)–C–C–N with tert-alkyl or cyclic N) is 1. The Morgan fingerprint density at radius 3 is 2.67 bits per heavy atom. The molecule has 0 aliphatic carbocycles. The van der Waals surface area contributed by atoms with E-state index in [4.69, 9.17) is 5.73 Å². The van der Waals surface area contributed by atoms with Crippen LogP contribution in [0.1, 0.15) is 20.3 Å². The summed E-state index contributed by atoms with van der Waals surface area (Å²) in [6.07, 6.45) is 1.19. The van der Waals surface area contributed by atoms with Crippen LogP contribution in [0, 0.1) is 5.92 Å². The highest BCUT2D eigenvalue weighted by Gasteiger charge is 2.25. The molecule has 3 heteroatoms. The predicted molar refractivity (Wildman–Crippen MR) is 49.9 cm³/mol. The summed E-state index contributed by atoms with van der Waals surface area (Å²) < 4.78 is 0. The molecule has 0 radical (unpaired) electrons. The molecule has 0 aromatic rings. The number of nitrogens with two attached hydrogens (primary N) is 1. The van der Waals surface area contributed by atoms with Crippen LogP contribution in [0.2, 0.25) is 0 Å². The molecule has 1 rings (SSSR count). The Bertz CT molecular complexity index is 142. The van der Waals surface area contributed by atoms with Crippen LogP contribution in [0.15, 0.2) is 0 Å². The lowest BCUT2D eigenvalue weighted by Crippen LogP contribution is -2.37. The van der Waals surface area contributed by atoms with Gasteiger partial charge in [-0.05, 0) is 39.3 Å². The van der Waals surface area contributed by atoms with Gasteiger partial charge in [0.1, 0.15) is 0 Å². The van der Waals surface area contributed by atoms with Crippen molar-refractivity contribution in [1.82, 2.24) is 4.90 Å². The molecular formula is C9H20N2O. The van der Waals surface area contributed by atoms with Gasteiger partial charge in [-0.25, -0.2) is 0 Å². The van der Waals surface area contributed by atoms with E-state index in [1.54, 1.807) is 0 Å². The number of rotatable bonds is 3. The van der Waals surface area contributed by atoms with Crippen LogP contribution in [-0.2, 0) is 0 Å². The largest absolute Gasteiger partial charge is 0.389 e. The van der Waals surface area contributed by atoms with Crippen molar-refractivity contribution < 1.29 is 5.11 Å². The van der Waals surface area contributed by atoms with Crippen LogP contribution in [0.25, 0.3) is 0 Å². The van der Waals surface area contributed by atoms with E-state index in [1.807, 2.05) is 13.8 Å². The predicted octanol–water partition coefficient (Wildman–Crippen LogP) is 0.0379. The maximum absolute atomic E-state index is 9.56. The normalized spacial score (nSPS) is 26.5. The van der Waals surface area contributed by atoms with Crippen LogP contribution in [-0.4, -0.2) is 41.8 Å². The standard InChI is InChI=1S/C9H20N2O/c1-9(2,12)7-11-4-3-8(5-10)6-11/h8,12H,3-7,10H2,1-2H3. The van der Waals surface area contributed by atoms with Crippen LogP contribution in [0.4, 0.5) is 0 Å². The summed E-state index contributed by atoms with van der Waals surface area (Å²) >= 11 is 0. The number of aliphatic hydroxyl groups is 1. The average molecular weight is 172 g/mol. The molecule has 3 N–H and O–H groups in total. The van der Waals surface area contributed by atoms with Gasteiger partial charge in [-0.3, -0.25) is 0 Å². The van der Waals surface area contributed by atoms with E-state index < -0.39 is 5.60 Å². The third kappa shape index (κ3) is 3.09. The van der Waals surface area contributed by atoms with Gasteiger partial charge in [0, 0.05) is 13.1 Å². The van der Waals surface area contributed by atoms with Gasteiger partial charge in [0.2, 0.25) is 0 Å². The Morgan fingerprint density at radius 1 is 1.58 bits per heavy atom. The zero-order chi connectivity index (χ0) is 9.19. The van der Waals surface area contributed by atoms with Gasteiger partial charge in [-0.15, -0.1) is 0 Å². The van der Waals surface area contributed by atoms with E-state index in [1.165, 1.54) is 6.42 Å². The average Bonchev–Trinajstić information content (AvgIpc) is 2.32. The van der Waals surface area contributed by atoms with Gasteiger partial charge >= 0.3 is 0 Å². The molecular weight excluding hydrogens is 152 g/mol. The molecule has 0 aromatic heterocycles. The molecule has 1 aliphatic heterocycles. The molecule has 1 atom stereocenters. The van der Waals surface area contributed by atoms with Crippen molar-refractivity contribution in [3.05, 3.63) is 0 Å². The highest BCUT2D eigenvalue weighted by Crippen LogP contribution is 2.17. The molecule has 12 heavy (non-hydrogen) atoms. The quantitative estimate of drug-likeness (QED) is 0.632. The summed E-state index contributed by atoms with van der Waals surface area (Å²) in [7, 11) is 0. The summed E-state index contributed by atoms with van der Waals surface area (Å²) in [5.74, 6) is 0.646. The van der Waals surface area contributed by atoms with Gasteiger partial charge in [0.05, 0.1) is 5.60 Å². The summed E-state index contributed by atoms with van der Waals surface area (Å²) in [6.45, 7) is 7.39. The highest BCUT2D eigenvalue weighted by molar-refractivity contribution is 4.80. The van der Waals surface area contributed by atoms with Crippen molar-refractivity contribution in [3.63, 3.8) is 0 Å². The molecule has 0 saturated carbocycles. The van der Waals surface area contributed by atoms with Crippen molar-refractivity contribution >= 4 is 0 Å². The third-order valence-electron chi connectivity index (χ3n) is 2.31. The van der Waals surface area contributed by atoms with E-state index in [2.05, 4.69) is 4.90 Å². The van der Waals surface area contributed by atoms with Crippen molar-refractivity contribution in [1.29, 1.82) is 0 Å². The summed E-state index contributed by atoms with van der Waals surface area (Å²) in [5.41, 5.74) is 5.00.